The van der Waals surface area contributed by atoms with Crippen molar-refractivity contribution in [3.63, 3.8) is 0 Å². The monoisotopic (exact) mass is 372 g/mol. The summed E-state index contributed by atoms with van der Waals surface area (Å²) in [7, 11) is 0. The van der Waals surface area contributed by atoms with Gasteiger partial charge in [0.05, 0.1) is 5.56 Å². The number of carbonyl (C=O) groups excluding carboxylic acids is 1. The molecule has 2 nitrogen and oxygen atoms in total. The van der Waals surface area contributed by atoms with Crippen molar-refractivity contribution in [1.82, 2.24) is 0 Å². The molecule has 4 heteroatoms. The van der Waals surface area contributed by atoms with Crippen LogP contribution in [0.2, 0.25) is 0 Å². The van der Waals surface area contributed by atoms with Gasteiger partial charge in [0.2, 0.25) is 0 Å². The topological polar surface area (TPSA) is 26.3 Å². The molecule has 0 aromatic heterocycles. The fourth-order valence-corrected chi connectivity index (χ4v) is 3.75. The number of hydrogen-bond donors (Lipinski definition) is 0. The predicted octanol–water partition coefficient (Wildman–Crippen LogP) is 6.54. The number of esters is 1. The second-order valence-electron chi connectivity index (χ2n) is 7.39. The summed E-state index contributed by atoms with van der Waals surface area (Å²) in [5.41, 5.74) is 1.25. The Morgan fingerprint density at radius 3 is 2.30 bits per heavy atom. The largest absolute Gasteiger partial charge is 0.459 e. The number of hydrogen-bond acceptors (Lipinski definition) is 2. The van der Waals surface area contributed by atoms with Crippen molar-refractivity contribution in [2.45, 2.75) is 58.0 Å². The molecular formula is C23H26F2O2. The lowest BCUT2D eigenvalue weighted by Gasteiger charge is -2.28. The van der Waals surface area contributed by atoms with Crippen molar-refractivity contribution < 1.29 is 18.3 Å². The highest BCUT2D eigenvalue weighted by Crippen LogP contribution is 2.30. The minimum Gasteiger partial charge on any atom is -0.459 e. The zero-order valence-corrected chi connectivity index (χ0v) is 15.7. The summed E-state index contributed by atoms with van der Waals surface area (Å²) in [6, 6.07) is 10.2. The Hall–Kier alpha value is -2.23. The number of halogens is 2. The first-order valence-electron chi connectivity index (χ1n) is 9.83. The molecule has 0 atom stereocenters. The molecule has 27 heavy (non-hydrogen) atoms. The summed E-state index contributed by atoms with van der Waals surface area (Å²) < 4.78 is 33.0. The molecule has 2 aromatic carbocycles. The van der Waals surface area contributed by atoms with E-state index in [0.29, 0.717) is 11.1 Å². The van der Waals surface area contributed by atoms with Crippen LogP contribution in [0.5, 0.6) is 0 Å². The maximum Gasteiger partial charge on any atom is 0.341 e. The predicted molar refractivity (Wildman–Crippen MR) is 102 cm³/mol. The van der Waals surface area contributed by atoms with E-state index in [1.54, 1.807) is 18.2 Å². The van der Waals surface area contributed by atoms with Crippen molar-refractivity contribution in [1.29, 1.82) is 0 Å². The molecule has 0 spiro atoms. The summed E-state index contributed by atoms with van der Waals surface area (Å²) in [5.74, 6) is -0.830. The molecule has 0 heterocycles. The van der Waals surface area contributed by atoms with Gasteiger partial charge in [-0.05, 0) is 67.0 Å². The van der Waals surface area contributed by atoms with E-state index in [9.17, 15) is 13.6 Å². The van der Waals surface area contributed by atoms with Gasteiger partial charge in [-0.1, -0.05) is 44.4 Å². The smallest absolute Gasteiger partial charge is 0.341 e. The van der Waals surface area contributed by atoms with Crippen LogP contribution in [0.4, 0.5) is 8.78 Å². The Labute approximate surface area is 159 Å². The highest BCUT2D eigenvalue weighted by Gasteiger charge is 2.25. The van der Waals surface area contributed by atoms with Gasteiger partial charge in [0.15, 0.2) is 0 Å². The van der Waals surface area contributed by atoms with Crippen molar-refractivity contribution in [3.05, 3.63) is 59.7 Å². The Morgan fingerprint density at radius 2 is 1.67 bits per heavy atom. The molecule has 0 bridgehead atoms. The third kappa shape index (κ3) is 5.15. The number of benzene rings is 2. The average Bonchev–Trinajstić information content (AvgIpc) is 2.68. The van der Waals surface area contributed by atoms with Gasteiger partial charge in [-0.3, -0.25) is 0 Å². The summed E-state index contributed by atoms with van der Waals surface area (Å²) in [5, 5.41) is 0. The second-order valence-corrected chi connectivity index (χ2v) is 7.39. The van der Waals surface area contributed by atoms with Gasteiger partial charge in [0.1, 0.15) is 17.7 Å². The van der Waals surface area contributed by atoms with Crippen molar-refractivity contribution in [2.24, 2.45) is 5.92 Å². The molecule has 0 N–H and O–H groups in total. The van der Waals surface area contributed by atoms with E-state index in [1.165, 1.54) is 43.5 Å². The molecule has 144 valence electrons. The Bertz CT molecular complexity index is 762. The highest BCUT2D eigenvalue weighted by molar-refractivity contribution is 5.90. The number of unbranched alkanes of at least 4 members (excludes halogenated alkanes) is 1. The van der Waals surface area contributed by atoms with Crippen LogP contribution in [-0.2, 0) is 4.74 Å². The van der Waals surface area contributed by atoms with Crippen LogP contribution in [0.15, 0.2) is 42.5 Å². The summed E-state index contributed by atoms with van der Waals surface area (Å²) in [4.78, 5) is 12.4. The van der Waals surface area contributed by atoms with Crippen LogP contribution >= 0.6 is 0 Å². The van der Waals surface area contributed by atoms with Gasteiger partial charge >= 0.3 is 5.97 Å². The summed E-state index contributed by atoms with van der Waals surface area (Å²) >= 11 is 0. The van der Waals surface area contributed by atoms with E-state index in [-0.39, 0.29) is 17.5 Å². The van der Waals surface area contributed by atoms with Crippen LogP contribution in [0.25, 0.3) is 11.1 Å². The number of ether oxygens (including phenoxy) is 1. The number of rotatable bonds is 6. The van der Waals surface area contributed by atoms with Crippen molar-refractivity contribution >= 4 is 5.97 Å². The SMILES string of the molecule is CCCC[C@H]1CC[C@H](OC(=O)c2ccc(-c3ccc(F)cc3)cc2F)CC1. The molecular weight excluding hydrogens is 346 g/mol. The van der Waals surface area contributed by atoms with Crippen LogP contribution in [0.3, 0.4) is 0 Å². The second kappa shape index (κ2) is 9.12. The quantitative estimate of drug-likeness (QED) is 0.538. The van der Waals surface area contributed by atoms with E-state index in [2.05, 4.69) is 6.92 Å². The minimum absolute atomic E-state index is 0.0473. The minimum atomic E-state index is -0.613. The van der Waals surface area contributed by atoms with Crippen molar-refractivity contribution in [3.8, 4) is 11.1 Å². The van der Waals surface area contributed by atoms with Crippen LogP contribution in [-0.4, -0.2) is 12.1 Å². The maximum absolute atomic E-state index is 14.4. The van der Waals surface area contributed by atoms with Gasteiger partial charge in [0, 0.05) is 0 Å². The first-order chi connectivity index (χ1) is 13.1. The highest BCUT2D eigenvalue weighted by atomic mass is 19.1. The fraction of sp³-hybridized carbons (Fsp3) is 0.435. The van der Waals surface area contributed by atoms with E-state index in [0.717, 1.165) is 31.6 Å². The molecule has 2 aromatic rings. The molecule has 0 radical (unpaired) electrons. The molecule has 0 saturated heterocycles. The first-order valence-corrected chi connectivity index (χ1v) is 9.83. The van der Waals surface area contributed by atoms with Gasteiger partial charge in [-0.2, -0.15) is 0 Å². The standard InChI is InChI=1S/C23H26F2O2/c1-2-3-4-16-5-12-20(13-6-16)27-23(26)21-14-9-18(15-22(21)25)17-7-10-19(24)11-8-17/h7-11,14-16,20H,2-6,12-13H2,1H3/t16-,20-. The van der Waals surface area contributed by atoms with Crippen LogP contribution in [0, 0.1) is 17.6 Å². The third-order valence-electron chi connectivity index (χ3n) is 5.40. The van der Waals surface area contributed by atoms with Crippen LogP contribution < -0.4 is 0 Å². The fourth-order valence-electron chi connectivity index (χ4n) is 3.75. The molecule has 3 rings (SSSR count). The Morgan fingerprint density at radius 1 is 1.00 bits per heavy atom. The molecule has 1 aliphatic rings. The van der Waals surface area contributed by atoms with Gasteiger partial charge in [-0.25, -0.2) is 13.6 Å². The van der Waals surface area contributed by atoms with Gasteiger partial charge < -0.3 is 4.74 Å². The zero-order chi connectivity index (χ0) is 19.2. The summed E-state index contributed by atoms with van der Waals surface area (Å²) in [6.07, 6.45) is 7.45. The molecule has 0 aliphatic heterocycles. The molecule has 0 amide bonds. The molecule has 0 unspecified atom stereocenters. The number of carbonyl (C=O) groups is 1. The van der Waals surface area contributed by atoms with E-state index < -0.39 is 11.8 Å². The molecule has 1 saturated carbocycles. The van der Waals surface area contributed by atoms with Gasteiger partial charge in [0.25, 0.3) is 0 Å². The lowest BCUT2D eigenvalue weighted by Crippen LogP contribution is -2.25. The lowest BCUT2D eigenvalue weighted by molar-refractivity contribution is 0.0156. The van der Waals surface area contributed by atoms with E-state index in [1.807, 2.05) is 0 Å². The maximum atomic E-state index is 14.4. The van der Waals surface area contributed by atoms with Crippen LogP contribution in [0.1, 0.15) is 62.2 Å². The molecule has 1 aliphatic carbocycles. The van der Waals surface area contributed by atoms with Crippen molar-refractivity contribution in [2.75, 3.05) is 0 Å². The Balaban J connectivity index is 1.60. The lowest BCUT2D eigenvalue weighted by atomic mass is 9.84. The van der Waals surface area contributed by atoms with E-state index in [4.69, 9.17) is 4.74 Å². The zero-order valence-electron chi connectivity index (χ0n) is 15.7. The normalized spacial score (nSPS) is 19.7. The average molecular weight is 372 g/mol. The third-order valence-corrected chi connectivity index (χ3v) is 5.40. The van der Waals surface area contributed by atoms with Gasteiger partial charge in [-0.15, -0.1) is 0 Å². The Kier molecular flexibility index (Phi) is 6.59. The summed E-state index contributed by atoms with van der Waals surface area (Å²) in [6.45, 7) is 2.20. The van der Waals surface area contributed by atoms with E-state index >= 15 is 0 Å². The molecule has 1 fully saturated rings. The first kappa shape index (κ1) is 19.5.